The summed E-state index contributed by atoms with van der Waals surface area (Å²) in [5.41, 5.74) is -0.132. The Morgan fingerprint density at radius 2 is 1.50 bits per heavy atom. The summed E-state index contributed by atoms with van der Waals surface area (Å²) in [6.45, 7) is 4.02. The van der Waals surface area contributed by atoms with Crippen LogP contribution in [0.1, 0.15) is 43.7 Å². The third kappa shape index (κ3) is 4.03. The molecule has 1 aliphatic rings. The van der Waals surface area contributed by atoms with Crippen molar-refractivity contribution in [1.29, 1.82) is 0 Å². The van der Waals surface area contributed by atoms with Gasteiger partial charge in [-0.25, -0.2) is 0 Å². The Hall–Kier alpha value is -2.83. The summed E-state index contributed by atoms with van der Waals surface area (Å²) < 4.78 is 37.9. The molecule has 0 unspecified atom stereocenters. The molecule has 0 radical (unpaired) electrons. The summed E-state index contributed by atoms with van der Waals surface area (Å²) in [6.07, 6.45) is -3.64. The molecular weight excluding hydrogens is 369 g/mol. The summed E-state index contributed by atoms with van der Waals surface area (Å²) in [5.74, 6) is -0.704. The maximum absolute atomic E-state index is 12.8. The Morgan fingerprint density at radius 1 is 0.929 bits per heavy atom. The fourth-order valence-corrected chi connectivity index (χ4v) is 3.03. The van der Waals surface area contributed by atoms with Gasteiger partial charge < -0.3 is 10.6 Å². The summed E-state index contributed by atoms with van der Waals surface area (Å²) >= 11 is 0. The molecule has 2 N–H and O–H groups in total. The van der Waals surface area contributed by atoms with Crippen molar-refractivity contribution in [3.8, 4) is 0 Å². The van der Waals surface area contributed by atoms with Crippen molar-refractivity contribution in [2.24, 2.45) is 5.41 Å². The number of carbonyl (C=O) groups excluding carboxylic acids is 2. The second-order valence-corrected chi connectivity index (χ2v) is 7.31. The van der Waals surface area contributed by atoms with Crippen LogP contribution in [-0.2, 0) is 15.8 Å². The van der Waals surface area contributed by atoms with Crippen molar-refractivity contribution < 1.29 is 22.8 Å². The Labute approximate surface area is 161 Å². The van der Waals surface area contributed by atoms with Gasteiger partial charge in [0.15, 0.2) is 0 Å². The molecule has 28 heavy (non-hydrogen) atoms. The van der Waals surface area contributed by atoms with E-state index in [2.05, 4.69) is 10.6 Å². The number of halogens is 3. The van der Waals surface area contributed by atoms with Gasteiger partial charge in [0, 0.05) is 11.4 Å². The lowest BCUT2D eigenvalue weighted by Crippen LogP contribution is -2.35. The van der Waals surface area contributed by atoms with E-state index in [0.717, 1.165) is 17.7 Å². The second kappa shape index (κ2) is 7.30. The predicted octanol–water partition coefficient (Wildman–Crippen LogP) is 5.19. The number of rotatable bonds is 5. The van der Waals surface area contributed by atoms with Crippen LogP contribution in [0, 0.1) is 5.41 Å². The van der Waals surface area contributed by atoms with E-state index in [1.807, 2.05) is 32.0 Å². The van der Waals surface area contributed by atoms with E-state index in [1.165, 1.54) is 12.1 Å². The summed E-state index contributed by atoms with van der Waals surface area (Å²) in [6, 6.07) is 11.6. The SMILES string of the molecule is CC(C)c1ccccc1NC(=O)C1(C(=O)Nc2ccc(C(F)(F)F)cc2)CC1. The Bertz CT molecular complexity index is 885. The van der Waals surface area contributed by atoms with Gasteiger partial charge in [0.25, 0.3) is 0 Å². The van der Waals surface area contributed by atoms with E-state index in [-0.39, 0.29) is 11.6 Å². The predicted molar refractivity (Wildman–Crippen MR) is 101 cm³/mol. The zero-order valence-corrected chi connectivity index (χ0v) is 15.6. The van der Waals surface area contributed by atoms with Crippen LogP contribution in [0.3, 0.4) is 0 Å². The first kappa shape index (κ1) is 19.9. The third-order valence-electron chi connectivity index (χ3n) is 4.92. The first-order chi connectivity index (χ1) is 13.1. The van der Waals surface area contributed by atoms with Crippen molar-refractivity contribution in [3.63, 3.8) is 0 Å². The van der Waals surface area contributed by atoms with E-state index in [0.29, 0.717) is 18.5 Å². The minimum absolute atomic E-state index is 0.202. The minimum atomic E-state index is -4.44. The van der Waals surface area contributed by atoms with Crippen LogP contribution in [-0.4, -0.2) is 11.8 Å². The average molecular weight is 390 g/mol. The first-order valence-electron chi connectivity index (χ1n) is 9.02. The van der Waals surface area contributed by atoms with Gasteiger partial charge in [-0.1, -0.05) is 32.0 Å². The van der Waals surface area contributed by atoms with Crippen LogP contribution < -0.4 is 10.6 Å². The van der Waals surface area contributed by atoms with E-state index in [4.69, 9.17) is 0 Å². The molecule has 2 aromatic carbocycles. The molecule has 2 amide bonds. The van der Waals surface area contributed by atoms with Gasteiger partial charge in [-0.15, -0.1) is 0 Å². The molecule has 0 aliphatic heterocycles. The zero-order chi connectivity index (χ0) is 20.5. The van der Waals surface area contributed by atoms with E-state index >= 15 is 0 Å². The number of alkyl halides is 3. The molecule has 0 aromatic heterocycles. The van der Waals surface area contributed by atoms with Gasteiger partial charge in [-0.3, -0.25) is 9.59 Å². The molecule has 2 aromatic rings. The molecule has 3 rings (SSSR count). The van der Waals surface area contributed by atoms with Crippen molar-refractivity contribution in [2.45, 2.75) is 38.8 Å². The molecule has 0 spiro atoms. The second-order valence-electron chi connectivity index (χ2n) is 7.31. The number of para-hydroxylation sites is 1. The number of amides is 2. The van der Waals surface area contributed by atoms with E-state index in [9.17, 15) is 22.8 Å². The number of nitrogens with one attached hydrogen (secondary N) is 2. The van der Waals surface area contributed by atoms with Crippen LogP contribution in [0.4, 0.5) is 24.5 Å². The fourth-order valence-electron chi connectivity index (χ4n) is 3.03. The van der Waals surface area contributed by atoms with Gasteiger partial charge >= 0.3 is 6.18 Å². The number of benzene rings is 2. The highest BCUT2D eigenvalue weighted by atomic mass is 19.4. The van der Waals surface area contributed by atoms with Crippen molar-refractivity contribution in [2.75, 3.05) is 10.6 Å². The van der Waals surface area contributed by atoms with Crippen LogP contribution in [0.2, 0.25) is 0 Å². The highest BCUT2D eigenvalue weighted by molar-refractivity contribution is 6.17. The largest absolute Gasteiger partial charge is 0.416 e. The zero-order valence-electron chi connectivity index (χ0n) is 15.6. The molecule has 0 saturated heterocycles. The Morgan fingerprint density at radius 3 is 2.04 bits per heavy atom. The van der Waals surface area contributed by atoms with Crippen LogP contribution in [0.5, 0.6) is 0 Å². The maximum Gasteiger partial charge on any atom is 0.416 e. The molecule has 1 aliphatic carbocycles. The molecule has 7 heteroatoms. The minimum Gasteiger partial charge on any atom is -0.325 e. The van der Waals surface area contributed by atoms with Crippen molar-refractivity contribution in [3.05, 3.63) is 59.7 Å². The Kier molecular flexibility index (Phi) is 5.19. The number of hydrogen-bond acceptors (Lipinski definition) is 2. The fraction of sp³-hybridized carbons (Fsp3) is 0.333. The van der Waals surface area contributed by atoms with Gasteiger partial charge in [0.2, 0.25) is 11.8 Å². The lowest BCUT2D eigenvalue weighted by molar-refractivity contribution is -0.137. The normalized spacial score (nSPS) is 15.2. The molecule has 1 fully saturated rings. The van der Waals surface area contributed by atoms with Gasteiger partial charge in [-0.2, -0.15) is 13.2 Å². The molecule has 0 heterocycles. The van der Waals surface area contributed by atoms with Crippen molar-refractivity contribution in [1.82, 2.24) is 0 Å². The first-order valence-corrected chi connectivity index (χ1v) is 9.02. The summed E-state index contributed by atoms with van der Waals surface area (Å²) in [5, 5.41) is 5.40. The maximum atomic E-state index is 12.8. The summed E-state index contributed by atoms with van der Waals surface area (Å²) in [7, 11) is 0. The van der Waals surface area contributed by atoms with Crippen LogP contribution >= 0.6 is 0 Å². The van der Waals surface area contributed by atoms with Crippen molar-refractivity contribution >= 4 is 23.2 Å². The molecule has 148 valence electrons. The molecule has 0 atom stereocenters. The third-order valence-corrected chi connectivity index (χ3v) is 4.92. The van der Waals surface area contributed by atoms with Gasteiger partial charge in [0.05, 0.1) is 5.56 Å². The summed E-state index contributed by atoms with van der Waals surface area (Å²) in [4.78, 5) is 25.4. The lowest BCUT2D eigenvalue weighted by Gasteiger charge is -2.18. The number of carbonyl (C=O) groups is 2. The van der Waals surface area contributed by atoms with Crippen LogP contribution in [0.25, 0.3) is 0 Å². The van der Waals surface area contributed by atoms with Crippen LogP contribution in [0.15, 0.2) is 48.5 Å². The van der Waals surface area contributed by atoms with E-state index < -0.39 is 29.0 Å². The quantitative estimate of drug-likeness (QED) is 0.691. The molecule has 0 bridgehead atoms. The standard InChI is InChI=1S/C21H21F3N2O2/c1-13(2)16-5-3-4-6-17(16)26-19(28)20(11-12-20)18(27)25-15-9-7-14(8-10-15)21(22,23)24/h3-10,13H,11-12H2,1-2H3,(H,25,27)(H,26,28). The number of hydrogen-bond donors (Lipinski definition) is 2. The topological polar surface area (TPSA) is 58.2 Å². The lowest BCUT2D eigenvalue weighted by atomic mass is 9.99. The average Bonchev–Trinajstić information content (AvgIpc) is 3.44. The monoisotopic (exact) mass is 390 g/mol. The van der Waals surface area contributed by atoms with E-state index in [1.54, 1.807) is 6.07 Å². The highest BCUT2D eigenvalue weighted by Gasteiger charge is 2.56. The van der Waals surface area contributed by atoms with Gasteiger partial charge in [-0.05, 0) is 54.7 Å². The highest BCUT2D eigenvalue weighted by Crippen LogP contribution is 2.48. The van der Waals surface area contributed by atoms with Gasteiger partial charge in [0.1, 0.15) is 5.41 Å². The molecular formula is C21H21F3N2O2. The molecule has 1 saturated carbocycles. The number of anilines is 2. The Balaban J connectivity index is 1.71. The molecule has 4 nitrogen and oxygen atoms in total. The smallest absolute Gasteiger partial charge is 0.325 e.